The average Bonchev–Trinajstić information content (AvgIpc) is 2.78. The fraction of sp³-hybridized carbons (Fsp3) is 0.167. The molecule has 0 spiro atoms. The van der Waals surface area contributed by atoms with E-state index in [2.05, 4.69) is 10.6 Å². The van der Waals surface area contributed by atoms with Crippen LogP contribution in [0.1, 0.15) is 29.0 Å². The van der Waals surface area contributed by atoms with Gasteiger partial charge >= 0.3 is 11.8 Å². The Kier molecular flexibility index (Phi) is 7.11. The molecule has 7 heteroatoms. The lowest BCUT2D eigenvalue weighted by Crippen LogP contribution is -2.36. The van der Waals surface area contributed by atoms with E-state index in [0.717, 1.165) is 11.1 Å². The van der Waals surface area contributed by atoms with E-state index in [9.17, 15) is 19.7 Å². The normalized spacial score (nSPS) is 10.5. The Hall–Kier alpha value is -4.00. The van der Waals surface area contributed by atoms with E-state index in [4.69, 9.17) is 0 Å². The van der Waals surface area contributed by atoms with E-state index >= 15 is 0 Å². The zero-order valence-electron chi connectivity index (χ0n) is 17.1. The summed E-state index contributed by atoms with van der Waals surface area (Å²) < 4.78 is 0. The van der Waals surface area contributed by atoms with E-state index in [1.807, 2.05) is 60.7 Å². The second-order valence-corrected chi connectivity index (χ2v) is 7.15. The molecular weight excluding hydrogens is 394 g/mol. The second kappa shape index (κ2) is 10.2. The number of carbonyl (C=O) groups excluding carboxylic acids is 2. The molecule has 0 aliphatic heterocycles. The third-order valence-corrected chi connectivity index (χ3v) is 4.93. The van der Waals surface area contributed by atoms with Gasteiger partial charge in [-0.2, -0.15) is 0 Å². The molecule has 0 bridgehead atoms. The Morgan fingerprint density at radius 1 is 0.903 bits per heavy atom. The molecule has 3 aromatic rings. The van der Waals surface area contributed by atoms with Crippen LogP contribution in [0.5, 0.6) is 0 Å². The van der Waals surface area contributed by atoms with Crippen LogP contribution in [0.25, 0.3) is 0 Å². The van der Waals surface area contributed by atoms with Gasteiger partial charge < -0.3 is 10.6 Å². The molecule has 0 heterocycles. The van der Waals surface area contributed by atoms with Crippen molar-refractivity contribution in [2.45, 2.75) is 19.3 Å². The summed E-state index contributed by atoms with van der Waals surface area (Å²) in [5.41, 5.74) is 2.64. The molecular formula is C24H23N3O4. The predicted molar refractivity (Wildman–Crippen MR) is 119 cm³/mol. The highest BCUT2D eigenvalue weighted by atomic mass is 16.6. The molecule has 0 saturated heterocycles. The van der Waals surface area contributed by atoms with Gasteiger partial charge in [0.25, 0.3) is 5.69 Å². The van der Waals surface area contributed by atoms with Gasteiger partial charge in [0, 0.05) is 18.5 Å². The Balaban J connectivity index is 1.63. The van der Waals surface area contributed by atoms with Gasteiger partial charge in [0.1, 0.15) is 5.69 Å². The highest BCUT2D eigenvalue weighted by Crippen LogP contribution is 2.27. The number of benzene rings is 3. The maximum atomic E-state index is 12.3. The van der Waals surface area contributed by atoms with Gasteiger partial charge in [-0.25, -0.2) is 0 Å². The summed E-state index contributed by atoms with van der Waals surface area (Å²) in [4.78, 5) is 35.1. The minimum Gasteiger partial charge on any atom is -0.348 e. The van der Waals surface area contributed by atoms with Crippen molar-refractivity contribution < 1.29 is 14.5 Å². The number of amides is 2. The Labute approximate surface area is 180 Å². The summed E-state index contributed by atoms with van der Waals surface area (Å²) in [6.07, 6.45) is 0.595. The highest BCUT2D eigenvalue weighted by Gasteiger charge is 2.21. The molecule has 0 aromatic heterocycles. The van der Waals surface area contributed by atoms with Crippen molar-refractivity contribution in [3.8, 4) is 0 Å². The lowest BCUT2D eigenvalue weighted by Gasteiger charge is -2.18. The lowest BCUT2D eigenvalue weighted by molar-refractivity contribution is -0.384. The first-order chi connectivity index (χ1) is 15.0. The predicted octanol–water partition coefficient (Wildman–Crippen LogP) is 4.18. The number of nitro benzene ring substituents is 1. The van der Waals surface area contributed by atoms with Gasteiger partial charge in [-0.3, -0.25) is 19.7 Å². The van der Waals surface area contributed by atoms with Crippen LogP contribution in [-0.4, -0.2) is 23.3 Å². The number of aryl methyl sites for hydroxylation is 1. The minimum atomic E-state index is -0.942. The van der Waals surface area contributed by atoms with Crippen molar-refractivity contribution in [1.82, 2.24) is 5.32 Å². The number of nitrogens with zero attached hydrogens (tertiary/aromatic N) is 1. The molecule has 158 valence electrons. The second-order valence-electron chi connectivity index (χ2n) is 7.15. The number of carbonyl (C=O) groups is 2. The molecule has 0 aliphatic carbocycles. The first-order valence-corrected chi connectivity index (χ1v) is 9.90. The van der Waals surface area contributed by atoms with Gasteiger partial charge in [0.05, 0.1) is 4.92 Å². The van der Waals surface area contributed by atoms with Crippen LogP contribution >= 0.6 is 0 Å². The summed E-state index contributed by atoms with van der Waals surface area (Å²) in [6, 6.07) is 24.3. The highest BCUT2D eigenvalue weighted by molar-refractivity contribution is 6.39. The van der Waals surface area contributed by atoms with E-state index in [0.29, 0.717) is 12.0 Å². The summed E-state index contributed by atoms with van der Waals surface area (Å²) in [6.45, 7) is 1.98. The maximum Gasteiger partial charge on any atom is 0.313 e. The zero-order chi connectivity index (χ0) is 22.2. The van der Waals surface area contributed by atoms with Crippen molar-refractivity contribution >= 4 is 23.2 Å². The Morgan fingerprint density at radius 2 is 1.48 bits per heavy atom. The monoisotopic (exact) mass is 417 g/mol. The summed E-state index contributed by atoms with van der Waals surface area (Å²) in [5, 5.41) is 16.1. The molecule has 7 nitrogen and oxygen atoms in total. The first-order valence-electron chi connectivity index (χ1n) is 9.90. The van der Waals surface area contributed by atoms with Crippen LogP contribution in [-0.2, 0) is 9.59 Å². The van der Waals surface area contributed by atoms with Crippen LogP contribution in [0.4, 0.5) is 11.4 Å². The number of anilines is 1. The van der Waals surface area contributed by atoms with Crippen molar-refractivity contribution in [3.63, 3.8) is 0 Å². The molecule has 31 heavy (non-hydrogen) atoms. The summed E-state index contributed by atoms with van der Waals surface area (Å²) in [5.74, 6) is -1.72. The third-order valence-electron chi connectivity index (χ3n) is 4.93. The van der Waals surface area contributed by atoms with Crippen LogP contribution < -0.4 is 10.6 Å². The number of nitrogens with one attached hydrogen (secondary N) is 2. The van der Waals surface area contributed by atoms with Gasteiger partial charge in [0.15, 0.2) is 0 Å². The topological polar surface area (TPSA) is 101 Å². The smallest absolute Gasteiger partial charge is 0.313 e. The quantitative estimate of drug-likeness (QED) is 0.342. The van der Waals surface area contributed by atoms with Gasteiger partial charge in [0.2, 0.25) is 0 Å². The number of nitro groups is 1. The van der Waals surface area contributed by atoms with E-state index < -0.39 is 16.7 Å². The standard InChI is InChI=1S/C24H23N3O4/c1-17-12-13-21(22(16-17)27(30)31)26-24(29)23(28)25-15-14-20(18-8-4-2-5-9-18)19-10-6-3-7-11-19/h2-13,16,20H,14-15H2,1H3,(H,25,28)(H,26,29). The molecule has 3 rings (SSSR count). The largest absolute Gasteiger partial charge is 0.348 e. The fourth-order valence-corrected chi connectivity index (χ4v) is 3.38. The Bertz CT molecular complexity index is 1030. The van der Waals surface area contributed by atoms with Crippen molar-refractivity contribution in [2.24, 2.45) is 0 Å². The van der Waals surface area contributed by atoms with Crippen molar-refractivity contribution in [1.29, 1.82) is 0 Å². The van der Waals surface area contributed by atoms with E-state index in [-0.39, 0.29) is 23.8 Å². The van der Waals surface area contributed by atoms with Crippen molar-refractivity contribution in [3.05, 3.63) is 106 Å². The van der Waals surface area contributed by atoms with Crippen molar-refractivity contribution in [2.75, 3.05) is 11.9 Å². The van der Waals surface area contributed by atoms with Crippen LogP contribution in [0.3, 0.4) is 0 Å². The summed E-state index contributed by atoms with van der Waals surface area (Å²) >= 11 is 0. The van der Waals surface area contributed by atoms with E-state index in [1.54, 1.807) is 13.0 Å². The lowest BCUT2D eigenvalue weighted by atomic mass is 9.88. The minimum absolute atomic E-state index is 0.0119. The Morgan fingerprint density at radius 3 is 2.03 bits per heavy atom. The molecule has 3 aromatic carbocycles. The average molecular weight is 417 g/mol. The van der Waals surface area contributed by atoms with Gasteiger partial charge in [-0.1, -0.05) is 66.7 Å². The first kappa shape index (κ1) is 21.7. The molecule has 0 radical (unpaired) electrons. The molecule has 0 aliphatic rings. The summed E-state index contributed by atoms with van der Waals surface area (Å²) in [7, 11) is 0. The number of hydrogen-bond donors (Lipinski definition) is 2. The van der Waals surface area contributed by atoms with Crippen LogP contribution in [0.2, 0.25) is 0 Å². The molecule has 0 atom stereocenters. The third kappa shape index (κ3) is 5.76. The maximum absolute atomic E-state index is 12.3. The molecule has 0 fully saturated rings. The van der Waals surface area contributed by atoms with Gasteiger partial charge in [-0.15, -0.1) is 0 Å². The zero-order valence-corrected chi connectivity index (χ0v) is 17.1. The fourth-order valence-electron chi connectivity index (χ4n) is 3.38. The van der Waals surface area contributed by atoms with Crippen LogP contribution in [0.15, 0.2) is 78.9 Å². The van der Waals surface area contributed by atoms with Gasteiger partial charge in [-0.05, 0) is 36.1 Å². The molecule has 0 unspecified atom stereocenters. The molecule has 0 saturated carbocycles. The molecule has 2 amide bonds. The SMILES string of the molecule is Cc1ccc(NC(=O)C(=O)NCCC(c2ccccc2)c2ccccc2)c([N+](=O)[O-])c1. The van der Waals surface area contributed by atoms with Crippen LogP contribution in [0, 0.1) is 17.0 Å². The number of hydrogen-bond acceptors (Lipinski definition) is 4. The molecule has 2 N–H and O–H groups in total. The van der Waals surface area contributed by atoms with E-state index in [1.165, 1.54) is 12.1 Å². The number of rotatable bonds is 7.